The summed E-state index contributed by atoms with van der Waals surface area (Å²) < 4.78 is 5.59. The zero-order valence-electron chi connectivity index (χ0n) is 19.3. The number of carbonyl (C=O) groups is 1. The number of aromatic nitrogens is 1. The van der Waals surface area contributed by atoms with Gasteiger partial charge < -0.3 is 10.1 Å². The molecule has 4 saturated carbocycles. The van der Waals surface area contributed by atoms with Gasteiger partial charge in [-0.3, -0.25) is 9.78 Å². The van der Waals surface area contributed by atoms with Crippen LogP contribution in [-0.2, 0) is 11.3 Å². The van der Waals surface area contributed by atoms with Gasteiger partial charge in [0.05, 0.1) is 6.61 Å². The minimum atomic E-state index is -0.106. The fraction of sp³-hybridized carbons (Fsp3) is 0.448. The van der Waals surface area contributed by atoms with Crippen LogP contribution in [0.3, 0.4) is 0 Å². The molecule has 1 N–H and O–H groups in total. The number of pyridine rings is 1. The molecule has 0 spiro atoms. The van der Waals surface area contributed by atoms with Crippen LogP contribution in [0, 0.1) is 23.2 Å². The molecular weight excluding hydrogens is 408 g/mol. The Morgan fingerprint density at radius 1 is 0.970 bits per heavy atom. The summed E-state index contributed by atoms with van der Waals surface area (Å²) in [6.07, 6.45) is 11.1. The van der Waals surface area contributed by atoms with E-state index in [9.17, 15) is 4.79 Å². The summed E-state index contributed by atoms with van der Waals surface area (Å²) in [5.41, 5.74) is 3.35. The Morgan fingerprint density at radius 2 is 1.67 bits per heavy atom. The predicted octanol–water partition coefficient (Wildman–Crippen LogP) is 6.13. The van der Waals surface area contributed by atoms with E-state index in [0.717, 1.165) is 64.7 Å². The van der Waals surface area contributed by atoms with Crippen molar-refractivity contribution >= 4 is 16.7 Å². The summed E-state index contributed by atoms with van der Waals surface area (Å²) in [5.74, 6) is 3.51. The van der Waals surface area contributed by atoms with Gasteiger partial charge in [0.15, 0.2) is 0 Å². The molecule has 1 aromatic heterocycles. The van der Waals surface area contributed by atoms with E-state index < -0.39 is 0 Å². The van der Waals surface area contributed by atoms with Crippen LogP contribution in [-0.4, -0.2) is 17.5 Å². The maximum Gasteiger partial charge on any atom is 0.226 e. The highest BCUT2D eigenvalue weighted by Crippen LogP contribution is 2.60. The first-order valence-corrected chi connectivity index (χ1v) is 12.5. The van der Waals surface area contributed by atoms with Gasteiger partial charge in [0, 0.05) is 29.7 Å². The molecule has 2 aromatic carbocycles. The molecule has 1 amide bonds. The Morgan fingerprint density at radius 3 is 2.33 bits per heavy atom. The topological polar surface area (TPSA) is 51.2 Å². The first-order chi connectivity index (χ1) is 16.1. The van der Waals surface area contributed by atoms with Gasteiger partial charge in [-0.1, -0.05) is 24.3 Å². The minimum absolute atomic E-state index is 0.106. The third kappa shape index (κ3) is 3.70. The van der Waals surface area contributed by atoms with E-state index >= 15 is 0 Å². The van der Waals surface area contributed by atoms with Gasteiger partial charge in [0.25, 0.3) is 0 Å². The number of benzene rings is 2. The molecule has 7 rings (SSSR count). The van der Waals surface area contributed by atoms with Crippen molar-refractivity contribution in [2.75, 3.05) is 6.61 Å². The number of fused-ring (bicyclic) bond motifs is 1. The summed E-state index contributed by atoms with van der Waals surface area (Å²) in [6.45, 7) is 3.22. The molecule has 4 aliphatic rings. The smallest absolute Gasteiger partial charge is 0.226 e. The van der Waals surface area contributed by atoms with Crippen molar-refractivity contribution < 1.29 is 9.53 Å². The number of hydrogen-bond donors (Lipinski definition) is 1. The summed E-state index contributed by atoms with van der Waals surface area (Å²) in [6, 6.07) is 14.6. The lowest BCUT2D eigenvalue weighted by molar-refractivity contribution is -0.146. The average Bonchev–Trinajstić information content (AvgIpc) is 2.82. The number of nitrogens with zero attached hydrogens (tertiary/aromatic N) is 1. The van der Waals surface area contributed by atoms with Gasteiger partial charge in [-0.25, -0.2) is 0 Å². The largest absolute Gasteiger partial charge is 0.494 e. The third-order valence-corrected chi connectivity index (χ3v) is 8.34. The molecule has 4 nitrogen and oxygen atoms in total. The molecule has 4 aliphatic carbocycles. The minimum Gasteiger partial charge on any atom is -0.494 e. The Balaban J connectivity index is 1.24. The Hall–Kier alpha value is -2.88. The summed E-state index contributed by atoms with van der Waals surface area (Å²) in [7, 11) is 0. The molecule has 1 heterocycles. The van der Waals surface area contributed by atoms with Crippen molar-refractivity contribution in [1.29, 1.82) is 0 Å². The molecule has 0 unspecified atom stereocenters. The quantitative estimate of drug-likeness (QED) is 0.501. The Labute approximate surface area is 195 Å². The van der Waals surface area contributed by atoms with E-state index in [4.69, 9.17) is 4.74 Å². The summed E-state index contributed by atoms with van der Waals surface area (Å²) in [4.78, 5) is 17.8. The highest BCUT2D eigenvalue weighted by Gasteiger charge is 2.54. The van der Waals surface area contributed by atoms with Crippen LogP contribution in [0.1, 0.15) is 51.0 Å². The molecule has 33 heavy (non-hydrogen) atoms. The van der Waals surface area contributed by atoms with Crippen molar-refractivity contribution in [2.24, 2.45) is 23.2 Å². The monoisotopic (exact) mass is 440 g/mol. The van der Waals surface area contributed by atoms with E-state index in [1.54, 1.807) is 0 Å². The fourth-order valence-electron chi connectivity index (χ4n) is 7.30. The van der Waals surface area contributed by atoms with E-state index in [1.807, 2.05) is 31.5 Å². The standard InChI is InChI=1S/C29H32N2O2/c1-2-33-24-6-3-22(4-7-24)25-8-5-23(27-18-30-10-9-26(25)27)17-31-28(32)29-14-19-11-20(15-29)13-21(12-19)16-29/h3-10,18-21H,2,11-17H2,1H3,(H,31,32). The molecule has 0 aliphatic heterocycles. The van der Waals surface area contributed by atoms with Gasteiger partial charge in [-0.15, -0.1) is 0 Å². The van der Waals surface area contributed by atoms with Crippen LogP contribution in [0.5, 0.6) is 5.75 Å². The lowest BCUT2D eigenvalue weighted by Gasteiger charge is -2.55. The first-order valence-electron chi connectivity index (χ1n) is 12.5. The third-order valence-electron chi connectivity index (χ3n) is 8.34. The maximum atomic E-state index is 13.4. The molecule has 3 aromatic rings. The number of hydrogen-bond acceptors (Lipinski definition) is 3. The van der Waals surface area contributed by atoms with E-state index in [1.165, 1.54) is 24.8 Å². The predicted molar refractivity (Wildman–Crippen MR) is 131 cm³/mol. The maximum absolute atomic E-state index is 13.4. The number of rotatable bonds is 6. The Kier molecular flexibility index (Phi) is 5.12. The molecule has 4 heteroatoms. The van der Waals surface area contributed by atoms with Gasteiger partial charge in [-0.2, -0.15) is 0 Å². The van der Waals surface area contributed by atoms with Crippen LogP contribution < -0.4 is 10.1 Å². The van der Waals surface area contributed by atoms with Gasteiger partial charge in [0.2, 0.25) is 5.91 Å². The van der Waals surface area contributed by atoms with Crippen LogP contribution in [0.15, 0.2) is 54.9 Å². The highest BCUT2D eigenvalue weighted by molar-refractivity contribution is 5.98. The molecule has 0 radical (unpaired) electrons. The fourth-order valence-corrected chi connectivity index (χ4v) is 7.30. The van der Waals surface area contributed by atoms with Gasteiger partial charge in [0.1, 0.15) is 5.75 Å². The molecule has 4 bridgehead atoms. The number of ether oxygens (including phenoxy) is 1. The van der Waals surface area contributed by atoms with Gasteiger partial charge >= 0.3 is 0 Å². The second kappa shape index (κ2) is 8.16. The van der Waals surface area contributed by atoms with Gasteiger partial charge in [-0.05, 0) is 103 Å². The Bertz CT molecular complexity index is 1150. The van der Waals surface area contributed by atoms with E-state index in [-0.39, 0.29) is 11.3 Å². The number of nitrogens with one attached hydrogen (secondary N) is 1. The number of amides is 1. The molecule has 4 fully saturated rings. The molecule has 170 valence electrons. The lowest BCUT2D eigenvalue weighted by Crippen LogP contribution is -2.53. The zero-order valence-corrected chi connectivity index (χ0v) is 19.3. The second-order valence-electron chi connectivity index (χ2n) is 10.5. The second-order valence-corrected chi connectivity index (χ2v) is 10.5. The van der Waals surface area contributed by atoms with Crippen LogP contribution >= 0.6 is 0 Å². The van der Waals surface area contributed by atoms with Crippen molar-refractivity contribution in [3.63, 3.8) is 0 Å². The number of carbonyl (C=O) groups excluding carboxylic acids is 1. The SMILES string of the molecule is CCOc1ccc(-c2ccc(CNC(=O)C34CC5CC(CC(C5)C3)C4)c3cnccc23)cc1. The summed E-state index contributed by atoms with van der Waals surface area (Å²) in [5, 5.41) is 5.61. The molecule has 0 saturated heterocycles. The summed E-state index contributed by atoms with van der Waals surface area (Å²) >= 11 is 0. The van der Waals surface area contributed by atoms with E-state index in [0.29, 0.717) is 13.2 Å². The van der Waals surface area contributed by atoms with Crippen LogP contribution in [0.25, 0.3) is 21.9 Å². The van der Waals surface area contributed by atoms with Crippen LogP contribution in [0.2, 0.25) is 0 Å². The van der Waals surface area contributed by atoms with E-state index in [2.05, 4.69) is 40.6 Å². The van der Waals surface area contributed by atoms with Crippen molar-refractivity contribution in [2.45, 2.75) is 52.0 Å². The lowest BCUT2D eigenvalue weighted by atomic mass is 9.49. The average molecular weight is 441 g/mol. The molecule has 0 atom stereocenters. The first kappa shape index (κ1) is 20.7. The van der Waals surface area contributed by atoms with Crippen molar-refractivity contribution in [1.82, 2.24) is 10.3 Å². The highest BCUT2D eigenvalue weighted by atomic mass is 16.5. The van der Waals surface area contributed by atoms with Crippen LogP contribution in [0.4, 0.5) is 0 Å². The van der Waals surface area contributed by atoms with Crippen molar-refractivity contribution in [3.8, 4) is 16.9 Å². The zero-order chi connectivity index (χ0) is 22.4. The normalized spacial score (nSPS) is 27.6. The molecular formula is C29H32N2O2. The van der Waals surface area contributed by atoms with Crippen molar-refractivity contribution in [3.05, 3.63) is 60.4 Å².